The van der Waals surface area contributed by atoms with Crippen LogP contribution in [-0.2, 0) is 14.8 Å². The summed E-state index contributed by atoms with van der Waals surface area (Å²) in [5, 5.41) is 14.0. The first-order valence-electron chi connectivity index (χ1n) is 7.09. The van der Waals surface area contributed by atoms with Crippen LogP contribution in [0.1, 0.15) is 23.2 Å². The second-order valence-electron chi connectivity index (χ2n) is 4.99. The Morgan fingerprint density at radius 2 is 1.83 bits per heavy atom. The zero-order valence-electron chi connectivity index (χ0n) is 12.7. The van der Waals surface area contributed by atoms with Crippen LogP contribution < -0.4 is 15.8 Å². The van der Waals surface area contributed by atoms with Gasteiger partial charge in [0.25, 0.3) is 5.91 Å². The highest BCUT2D eigenvalue weighted by Gasteiger charge is 2.09. The molecule has 0 spiro atoms. The predicted octanol–water partition coefficient (Wildman–Crippen LogP) is 1.54. The van der Waals surface area contributed by atoms with Crippen LogP contribution in [0.4, 0.5) is 5.69 Å². The summed E-state index contributed by atoms with van der Waals surface area (Å²) in [4.78, 5) is 23.5. The lowest BCUT2D eigenvalue weighted by Crippen LogP contribution is -2.25. The van der Waals surface area contributed by atoms with Gasteiger partial charge in [-0.2, -0.15) is 11.3 Å². The molecule has 0 atom stereocenters. The number of carbonyl (C=O) groups is 2. The van der Waals surface area contributed by atoms with Gasteiger partial charge >= 0.3 is 0 Å². The maximum atomic E-state index is 11.8. The summed E-state index contributed by atoms with van der Waals surface area (Å²) in [5.74, 6) is -0.377. The summed E-state index contributed by atoms with van der Waals surface area (Å²) < 4.78 is 22.3. The summed E-state index contributed by atoms with van der Waals surface area (Å²) in [6.07, 6.45) is 0.734. The van der Waals surface area contributed by atoms with Gasteiger partial charge < -0.3 is 10.6 Å². The fourth-order valence-corrected chi connectivity index (χ4v) is 3.05. The normalized spacial score (nSPS) is 11.0. The van der Waals surface area contributed by atoms with Crippen molar-refractivity contribution >= 4 is 38.9 Å². The monoisotopic (exact) mass is 367 g/mol. The SMILES string of the molecule is NS(=O)(=O)c1ccc(NC(=O)CCCNC(=O)c2ccsc2)cc1. The number of rotatable bonds is 7. The summed E-state index contributed by atoms with van der Waals surface area (Å²) in [6, 6.07) is 7.32. The van der Waals surface area contributed by atoms with Crippen molar-refractivity contribution in [1.82, 2.24) is 5.32 Å². The molecule has 0 fully saturated rings. The molecular weight excluding hydrogens is 350 g/mol. The standard InChI is InChI=1S/C15H17N3O4S2/c16-24(21,22)13-5-3-12(4-6-13)18-14(19)2-1-8-17-15(20)11-7-9-23-10-11/h3-7,9-10H,1-2,8H2,(H,17,20)(H,18,19)(H2,16,21,22). The lowest BCUT2D eigenvalue weighted by atomic mass is 10.2. The lowest BCUT2D eigenvalue weighted by Gasteiger charge is -2.07. The van der Waals surface area contributed by atoms with Gasteiger partial charge in [-0.05, 0) is 42.1 Å². The number of hydrogen-bond acceptors (Lipinski definition) is 5. The number of benzene rings is 1. The fraction of sp³-hybridized carbons (Fsp3) is 0.200. The van der Waals surface area contributed by atoms with E-state index in [1.165, 1.54) is 35.6 Å². The zero-order valence-corrected chi connectivity index (χ0v) is 14.3. The summed E-state index contributed by atoms with van der Waals surface area (Å²) >= 11 is 1.45. The van der Waals surface area contributed by atoms with Crippen molar-refractivity contribution in [2.45, 2.75) is 17.7 Å². The zero-order chi connectivity index (χ0) is 17.6. The van der Waals surface area contributed by atoms with Crippen LogP contribution >= 0.6 is 11.3 Å². The smallest absolute Gasteiger partial charge is 0.252 e. The van der Waals surface area contributed by atoms with E-state index >= 15 is 0 Å². The molecule has 7 nitrogen and oxygen atoms in total. The molecule has 0 saturated carbocycles. The van der Waals surface area contributed by atoms with Crippen LogP contribution in [0, 0.1) is 0 Å². The molecule has 24 heavy (non-hydrogen) atoms. The first-order valence-corrected chi connectivity index (χ1v) is 9.58. The lowest BCUT2D eigenvalue weighted by molar-refractivity contribution is -0.116. The molecule has 0 saturated heterocycles. The third kappa shape index (κ3) is 5.44. The first kappa shape index (κ1) is 18.1. The second kappa shape index (κ2) is 8.04. The number of nitrogens with two attached hydrogens (primary N) is 1. The second-order valence-corrected chi connectivity index (χ2v) is 7.33. The Morgan fingerprint density at radius 1 is 1.12 bits per heavy atom. The number of primary sulfonamides is 1. The Morgan fingerprint density at radius 3 is 2.42 bits per heavy atom. The molecule has 1 aromatic heterocycles. The molecule has 0 aliphatic carbocycles. The van der Waals surface area contributed by atoms with Crippen LogP contribution in [0.2, 0.25) is 0 Å². The van der Waals surface area contributed by atoms with Crippen molar-refractivity contribution in [2.24, 2.45) is 5.14 Å². The minimum Gasteiger partial charge on any atom is -0.352 e. The van der Waals surface area contributed by atoms with Crippen molar-refractivity contribution in [3.63, 3.8) is 0 Å². The van der Waals surface area contributed by atoms with E-state index in [1.807, 2.05) is 5.38 Å². The number of nitrogens with one attached hydrogen (secondary N) is 2. The summed E-state index contributed by atoms with van der Waals surface area (Å²) in [5.41, 5.74) is 1.09. The molecule has 0 aliphatic heterocycles. The highest BCUT2D eigenvalue weighted by molar-refractivity contribution is 7.89. The number of thiophene rings is 1. The maximum Gasteiger partial charge on any atom is 0.252 e. The van der Waals surface area contributed by atoms with Crippen molar-refractivity contribution in [2.75, 3.05) is 11.9 Å². The minimum atomic E-state index is -3.74. The van der Waals surface area contributed by atoms with Gasteiger partial charge in [0, 0.05) is 29.6 Å². The third-order valence-electron chi connectivity index (χ3n) is 3.12. The largest absolute Gasteiger partial charge is 0.352 e. The Labute approximate surface area is 143 Å². The molecule has 0 radical (unpaired) electrons. The van der Waals surface area contributed by atoms with Crippen LogP contribution in [0.3, 0.4) is 0 Å². The molecule has 9 heteroatoms. The first-order chi connectivity index (χ1) is 11.4. The molecular formula is C15H17N3O4S2. The van der Waals surface area contributed by atoms with Gasteiger partial charge in [-0.15, -0.1) is 0 Å². The van der Waals surface area contributed by atoms with Gasteiger partial charge in [0.15, 0.2) is 0 Å². The van der Waals surface area contributed by atoms with E-state index in [4.69, 9.17) is 5.14 Å². The van der Waals surface area contributed by atoms with Crippen LogP contribution in [0.15, 0.2) is 46.0 Å². The molecule has 2 rings (SSSR count). The minimum absolute atomic E-state index is 0.0170. The predicted molar refractivity (Wildman–Crippen MR) is 92.3 cm³/mol. The number of amides is 2. The Hall–Kier alpha value is -2.23. The van der Waals surface area contributed by atoms with Gasteiger partial charge in [-0.1, -0.05) is 0 Å². The van der Waals surface area contributed by atoms with Crippen LogP contribution in [0.25, 0.3) is 0 Å². The average molecular weight is 367 g/mol. The maximum absolute atomic E-state index is 11.8. The van der Waals surface area contributed by atoms with Crippen LogP contribution in [-0.4, -0.2) is 26.8 Å². The highest BCUT2D eigenvalue weighted by atomic mass is 32.2. The van der Waals surface area contributed by atoms with Gasteiger partial charge in [0.1, 0.15) is 0 Å². The topological polar surface area (TPSA) is 118 Å². The molecule has 128 valence electrons. The van der Waals surface area contributed by atoms with E-state index in [0.29, 0.717) is 24.2 Å². The Kier molecular flexibility index (Phi) is 6.07. The third-order valence-corrected chi connectivity index (χ3v) is 4.73. The van der Waals surface area contributed by atoms with E-state index in [0.717, 1.165) is 0 Å². The van der Waals surface area contributed by atoms with Crippen molar-refractivity contribution in [1.29, 1.82) is 0 Å². The molecule has 0 unspecified atom stereocenters. The van der Waals surface area contributed by atoms with Crippen molar-refractivity contribution < 1.29 is 18.0 Å². The van der Waals surface area contributed by atoms with E-state index in [9.17, 15) is 18.0 Å². The summed E-state index contributed by atoms with van der Waals surface area (Å²) in [6.45, 7) is 0.395. The van der Waals surface area contributed by atoms with E-state index in [-0.39, 0.29) is 23.1 Å². The Bertz CT molecular complexity index is 800. The van der Waals surface area contributed by atoms with Gasteiger partial charge in [0.05, 0.1) is 4.90 Å². The molecule has 2 amide bonds. The molecule has 0 bridgehead atoms. The van der Waals surface area contributed by atoms with Crippen LogP contribution in [0.5, 0.6) is 0 Å². The fourth-order valence-electron chi connectivity index (χ4n) is 1.90. The van der Waals surface area contributed by atoms with Crippen molar-refractivity contribution in [3.05, 3.63) is 46.7 Å². The molecule has 4 N–H and O–H groups in total. The van der Waals surface area contributed by atoms with E-state index in [1.54, 1.807) is 11.4 Å². The number of anilines is 1. The molecule has 2 aromatic rings. The number of carbonyl (C=O) groups excluding carboxylic acids is 2. The molecule has 0 aliphatic rings. The molecule has 1 heterocycles. The van der Waals surface area contributed by atoms with E-state index in [2.05, 4.69) is 10.6 Å². The number of sulfonamides is 1. The Balaban J connectivity index is 1.72. The van der Waals surface area contributed by atoms with Crippen molar-refractivity contribution in [3.8, 4) is 0 Å². The average Bonchev–Trinajstić information content (AvgIpc) is 3.05. The molecule has 1 aromatic carbocycles. The van der Waals surface area contributed by atoms with E-state index < -0.39 is 10.0 Å². The highest BCUT2D eigenvalue weighted by Crippen LogP contribution is 2.13. The quantitative estimate of drug-likeness (QED) is 0.643. The number of hydrogen-bond donors (Lipinski definition) is 3. The summed E-state index contributed by atoms with van der Waals surface area (Å²) in [7, 11) is -3.74. The van der Waals surface area contributed by atoms with Gasteiger partial charge in [-0.25, -0.2) is 13.6 Å². The van der Waals surface area contributed by atoms with Gasteiger partial charge in [0.2, 0.25) is 15.9 Å². The van der Waals surface area contributed by atoms with Gasteiger partial charge in [-0.3, -0.25) is 9.59 Å².